The second kappa shape index (κ2) is 8.52. The lowest BCUT2D eigenvalue weighted by atomic mass is 10.1. The maximum atomic E-state index is 12.3. The van der Waals surface area contributed by atoms with Gasteiger partial charge in [-0.1, -0.05) is 24.3 Å². The summed E-state index contributed by atoms with van der Waals surface area (Å²) < 4.78 is 5.07. The van der Waals surface area contributed by atoms with Gasteiger partial charge in [0, 0.05) is 35.7 Å². The van der Waals surface area contributed by atoms with E-state index in [-0.39, 0.29) is 11.6 Å². The van der Waals surface area contributed by atoms with Crippen LogP contribution in [-0.4, -0.2) is 29.5 Å². The number of ether oxygens (including phenoxy) is 1. The number of nitro benzene ring substituents is 1. The largest absolute Gasteiger partial charge is 0.384 e. The SMILES string of the molecule is COCCc1ccc(-c2csc(NC(=O)c3ccc([N+](=O)[O-])cc3)n2)cc1. The summed E-state index contributed by atoms with van der Waals surface area (Å²) in [4.78, 5) is 26.9. The third-order valence-corrected chi connectivity index (χ3v) is 4.67. The van der Waals surface area contributed by atoms with E-state index in [0.717, 1.165) is 17.7 Å². The van der Waals surface area contributed by atoms with Crippen molar-refractivity contribution in [3.63, 3.8) is 0 Å². The summed E-state index contributed by atoms with van der Waals surface area (Å²) in [5, 5.41) is 15.7. The van der Waals surface area contributed by atoms with Crippen LogP contribution in [0.2, 0.25) is 0 Å². The first-order valence-corrected chi connectivity index (χ1v) is 9.04. The number of aromatic nitrogens is 1. The molecule has 138 valence electrons. The zero-order valence-corrected chi connectivity index (χ0v) is 15.4. The monoisotopic (exact) mass is 383 g/mol. The molecule has 0 aliphatic rings. The van der Waals surface area contributed by atoms with Crippen molar-refractivity contribution < 1.29 is 14.5 Å². The maximum Gasteiger partial charge on any atom is 0.269 e. The van der Waals surface area contributed by atoms with Gasteiger partial charge in [0.15, 0.2) is 5.13 Å². The van der Waals surface area contributed by atoms with Gasteiger partial charge in [-0.15, -0.1) is 11.3 Å². The zero-order valence-electron chi connectivity index (χ0n) is 14.5. The van der Waals surface area contributed by atoms with Crippen LogP contribution in [0.5, 0.6) is 0 Å². The van der Waals surface area contributed by atoms with Crippen LogP contribution in [0.4, 0.5) is 10.8 Å². The van der Waals surface area contributed by atoms with E-state index < -0.39 is 4.92 Å². The zero-order chi connectivity index (χ0) is 19.2. The number of nitrogens with zero attached hydrogens (tertiary/aromatic N) is 2. The summed E-state index contributed by atoms with van der Waals surface area (Å²) >= 11 is 1.32. The van der Waals surface area contributed by atoms with Crippen molar-refractivity contribution in [2.45, 2.75) is 6.42 Å². The van der Waals surface area contributed by atoms with E-state index in [1.165, 1.54) is 41.2 Å². The molecule has 1 heterocycles. The van der Waals surface area contributed by atoms with Crippen LogP contribution < -0.4 is 5.32 Å². The number of rotatable bonds is 7. The predicted molar refractivity (Wildman–Crippen MR) is 104 cm³/mol. The Labute approximate surface area is 159 Å². The molecule has 3 aromatic rings. The predicted octanol–water partition coefficient (Wildman–Crippen LogP) is 4.16. The average molecular weight is 383 g/mol. The van der Waals surface area contributed by atoms with Crippen LogP contribution in [0.15, 0.2) is 53.9 Å². The van der Waals surface area contributed by atoms with Crippen molar-refractivity contribution in [3.8, 4) is 11.3 Å². The highest BCUT2D eigenvalue weighted by Crippen LogP contribution is 2.25. The fourth-order valence-corrected chi connectivity index (χ4v) is 3.14. The van der Waals surface area contributed by atoms with E-state index in [0.29, 0.717) is 17.3 Å². The number of thiazole rings is 1. The fourth-order valence-electron chi connectivity index (χ4n) is 2.43. The molecule has 0 unspecified atom stereocenters. The van der Waals surface area contributed by atoms with Gasteiger partial charge >= 0.3 is 0 Å². The maximum absolute atomic E-state index is 12.3. The lowest BCUT2D eigenvalue weighted by Crippen LogP contribution is -2.11. The van der Waals surface area contributed by atoms with Crippen LogP contribution in [0.1, 0.15) is 15.9 Å². The van der Waals surface area contributed by atoms with Crippen molar-refractivity contribution >= 4 is 28.1 Å². The fraction of sp³-hybridized carbons (Fsp3) is 0.158. The number of anilines is 1. The van der Waals surface area contributed by atoms with Gasteiger partial charge in [0.2, 0.25) is 0 Å². The number of benzene rings is 2. The first-order valence-electron chi connectivity index (χ1n) is 8.16. The van der Waals surface area contributed by atoms with Gasteiger partial charge in [0.05, 0.1) is 17.2 Å². The van der Waals surface area contributed by atoms with Crippen molar-refractivity contribution in [1.29, 1.82) is 0 Å². The summed E-state index contributed by atoms with van der Waals surface area (Å²) in [5.41, 5.74) is 3.19. The normalized spacial score (nSPS) is 10.6. The lowest BCUT2D eigenvalue weighted by Gasteiger charge is -2.03. The molecule has 0 atom stereocenters. The van der Waals surface area contributed by atoms with Gasteiger partial charge in [-0.05, 0) is 24.1 Å². The third kappa shape index (κ3) is 4.75. The summed E-state index contributed by atoms with van der Waals surface area (Å²) in [5.74, 6) is -0.360. The molecule has 0 fully saturated rings. The molecule has 0 aliphatic carbocycles. The first-order chi connectivity index (χ1) is 13.1. The van der Waals surface area contributed by atoms with Crippen LogP contribution in [0.3, 0.4) is 0 Å². The Kier molecular flexibility index (Phi) is 5.90. The molecule has 0 bridgehead atoms. The number of hydrogen-bond donors (Lipinski definition) is 1. The first kappa shape index (κ1) is 18.7. The molecule has 1 amide bonds. The van der Waals surface area contributed by atoms with Crippen molar-refractivity contribution in [2.24, 2.45) is 0 Å². The lowest BCUT2D eigenvalue weighted by molar-refractivity contribution is -0.384. The van der Waals surface area contributed by atoms with Crippen LogP contribution in [0, 0.1) is 10.1 Å². The molecule has 2 aromatic carbocycles. The Morgan fingerprint density at radius 3 is 2.52 bits per heavy atom. The van der Waals surface area contributed by atoms with Gasteiger partial charge in [0.1, 0.15) is 0 Å². The highest BCUT2D eigenvalue weighted by atomic mass is 32.1. The molecule has 0 aliphatic heterocycles. The molecule has 27 heavy (non-hydrogen) atoms. The minimum atomic E-state index is -0.505. The summed E-state index contributed by atoms with van der Waals surface area (Å²) in [6.45, 7) is 0.675. The summed E-state index contributed by atoms with van der Waals surface area (Å²) in [7, 11) is 1.68. The summed E-state index contributed by atoms with van der Waals surface area (Å²) in [6.07, 6.45) is 0.852. The number of carbonyl (C=O) groups is 1. The molecule has 8 heteroatoms. The van der Waals surface area contributed by atoms with Gasteiger partial charge in [-0.2, -0.15) is 0 Å². The third-order valence-electron chi connectivity index (χ3n) is 3.91. The van der Waals surface area contributed by atoms with E-state index >= 15 is 0 Å². The molecule has 0 radical (unpaired) electrons. The minimum absolute atomic E-state index is 0.0583. The highest BCUT2D eigenvalue weighted by molar-refractivity contribution is 7.14. The van der Waals surface area contributed by atoms with Crippen molar-refractivity contribution in [3.05, 3.63) is 75.2 Å². The summed E-state index contributed by atoms with van der Waals surface area (Å²) in [6, 6.07) is 13.5. The van der Waals surface area contributed by atoms with Gasteiger partial charge in [-0.25, -0.2) is 4.98 Å². The number of nitro groups is 1. The quantitative estimate of drug-likeness (QED) is 0.488. The molecule has 7 nitrogen and oxygen atoms in total. The average Bonchev–Trinajstić information content (AvgIpc) is 3.15. The molecule has 3 rings (SSSR count). The molecule has 0 saturated heterocycles. The van der Waals surface area contributed by atoms with Gasteiger partial charge in [0.25, 0.3) is 11.6 Å². The van der Waals surface area contributed by atoms with E-state index in [1.807, 2.05) is 29.6 Å². The second-order valence-electron chi connectivity index (χ2n) is 5.74. The number of hydrogen-bond acceptors (Lipinski definition) is 6. The van der Waals surface area contributed by atoms with E-state index in [4.69, 9.17) is 4.74 Å². The van der Waals surface area contributed by atoms with Crippen LogP contribution >= 0.6 is 11.3 Å². The van der Waals surface area contributed by atoms with E-state index in [2.05, 4.69) is 10.3 Å². The van der Waals surface area contributed by atoms with E-state index in [9.17, 15) is 14.9 Å². The number of amides is 1. The molecule has 0 saturated carbocycles. The van der Waals surface area contributed by atoms with E-state index in [1.54, 1.807) is 7.11 Å². The molecule has 0 spiro atoms. The van der Waals surface area contributed by atoms with Crippen LogP contribution in [-0.2, 0) is 11.2 Å². The number of carbonyl (C=O) groups excluding carboxylic acids is 1. The Hall–Kier alpha value is -3.10. The number of non-ortho nitro benzene ring substituents is 1. The second-order valence-corrected chi connectivity index (χ2v) is 6.59. The number of methoxy groups -OCH3 is 1. The smallest absolute Gasteiger partial charge is 0.269 e. The highest BCUT2D eigenvalue weighted by Gasteiger charge is 2.12. The Balaban J connectivity index is 1.66. The molecular weight excluding hydrogens is 366 g/mol. The topological polar surface area (TPSA) is 94.4 Å². The Morgan fingerprint density at radius 2 is 1.89 bits per heavy atom. The van der Waals surface area contributed by atoms with Crippen molar-refractivity contribution in [2.75, 3.05) is 19.0 Å². The number of nitrogens with one attached hydrogen (secondary N) is 1. The Bertz CT molecular complexity index is 936. The van der Waals surface area contributed by atoms with Gasteiger partial charge in [-0.3, -0.25) is 20.2 Å². The van der Waals surface area contributed by atoms with Crippen LogP contribution in [0.25, 0.3) is 11.3 Å². The molecular formula is C19H17N3O4S. The minimum Gasteiger partial charge on any atom is -0.384 e. The van der Waals surface area contributed by atoms with Crippen molar-refractivity contribution in [1.82, 2.24) is 4.98 Å². The molecule has 1 aromatic heterocycles. The van der Waals surface area contributed by atoms with Gasteiger partial charge < -0.3 is 4.74 Å². The molecule has 1 N–H and O–H groups in total. The standard InChI is InChI=1S/C19H17N3O4S/c1-26-11-10-13-2-4-14(5-3-13)17-12-27-19(20-17)21-18(23)15-6-8-16(9-7-15)22(24)25/h2-9,12H,10-11H2,1H3,(H,20,21,23). The Morgan fingerprint density at radius 1 is 1.19 bits per heavy atom.